The Kier molecular flexibility index (Phi) is 2.95. The molecule has 0 aromatic carbocycles. The molecule has 0 unspecified atom stereocenters. The zero-order valence-corrected chi connectivity index (χ0v) is 9.57. The zero-order valence-electron chi connectivity index (χ0n) is 7.99. The molecule has 1 aliphatic rings. The highest BCUT2D eigenvalue weighted by Gasteiger charge is 2.38. The number of amides is 1. The Balaban J connectivity index is 2.07. The topological polar surface area (TPSA) is 62.2 Å². The van der Waals surface area contributed by atoms with E-state index in [0.29, 0.717) is 5.13 Å². The lowest BCUT2D eigenvalue weighted by atomic mass is 9.79. The zero-order chi connectivity index (χ0) is 10.9. The highest BCUT2D eigenvalue weighted by Crippen LogP contribution is 2.43. The summed E-state index contributed by atoms with van der Waals surface area (Å²) in [7, 11) is 0. The van der Waals surface area contributed by atoms with Crippen molar-refractivity contribution in [2.75, 3.05) is 11.2 Å². The van der Waals surface area contributed by atoms with Crippen LogP contribution in [0.4, 0.5) is 5.13 Å². The molecule has 4 nitrogen and oxygen atoms in total. The van der Waals surface area contributed by atoms with Crippen LogP contribution in [-0.2, 0) is 10.4 Å². The molecule has 0 radical (unpaired) electrons. The Morgan fingerprint density at radius 3 is 3.00 bits per heavy atom. The average Bonchev–Trinajstić information content (AvgIpc) is 2.62. The minimum Gasteiger partial charge on any atom is -0.384 e. The molecule has 6 heteroatoms. The van der Waals surface area contributed by atoms with Crippen LogP contribution in [0.25, 0.3) is 0 Å². The van der Waals surface area contributed by atoms with Crippen molar-refractivity contribution < 1.29 is 9.90 Å². The summed E-state index contributed by atoms with van der Waals surface area (Å²) >= 11 is 6.66. The van der Waals surface area contributed by atoms with Crippen molar-refractivity contribution in [2.45, 2.75) is 24.9 Å². The molecule has 0 aliphatic heterocycles. The van der Waals surface area contributed by atoms with Gasteiger partial charge in [0.25, 0.3) is 0 Å². The van der Waals surface area contributed by atoms with Gasteiger partial charge in [0.2, 0.25) is 5.91 Å². The molecule has 2 rings (SSSR count). The number of carbonyl (C=O) groups excluding carboxylic acids is 1. The second kappa shape index (κ2) is 4.08. The molecule has 15 heavy (non-hydrogen) atoms. The minimum atomic E-state index is -0.707. The lowest BCUT2D eigenvalue weighted by Gasteiger charge is -2.35. The number of aliphatic hydroxyl groups is 1. The Hall–Kier alpha value is -0.650. The van der Waals surface area contributed by atoms with E-state index in [1.165, 1.54) is 11.3 Å². The number of anilines is 1. The number of nitrogens with zero attached hydrogens (tertiary/aromatic N) is 1. The van der Waals surface area contributed by atoms with Crippen LogP contribution in [-0.4, -0.2) is 21.9 Å². The van der Waals surface area contributed by atoms with Crippen molar-refractivity contribution in [3.05, 3.63) is 11.1 Å². The van der Waals surface area contributed by atoms with Crippen molar-refractivity contribution in [3.8, 4) is 0 Å². The number of aromatic nitrogens is 1. The number of hydrogen-bond donors (Lipinski definition) is 2. The number of alkyl halides is 1. The van der Waals surface area contributed by atoms with Gasteiger partial charge in [-0.2, -0.15) is 0 Å². The maximum atomic E-state index is 11.0. The van der Waals surface area contributed by atoms with Gasteiger partial charge in [0.05, 0.1) is 4.88 Å². The molecule has 1 aromatic heterocycles. The van der Waals surface area contributed by atoms with Gasteiger partial charge in [0, 0.05) is 6.20 Å². The fraction of sp³-hybridized carbons (Fsp3) is 0.556. The molecule has 1 heterocycles. The predicted octanol–water partition coefficient (Wildman–Crippen LogP) is 1.69. The van der Waals surface area contributed by atoms with Gasteiger partial charge in [-0.05, 0) is 19.3 Å². The van der Waals surface area contributed by atoms with Crippen LogP contribution in [0, 0.1) is 0 Å². The summed E-state index contributed by atoms with van der Waals surface area (Å²) in [5, 5.41) is 13.1. The van der Waals surface area contributed by atoms with Crippen molar-refractivity contribution in [2.24, 2.45) is 0 Å². The van der Waals surface area contributed by atoms with E-state index in [2.05, 4.69) is 10.3 Å². The Morgan fingerprint density at radius 2 is 2.47 bits per heavy atom. The summed E-state index contributed by atoms with van der Waals surface area (Å²) < 4.78 is 0. The first-order chi connectivity index (χ1) is 7.14. The van der Waals surface area contributed by atoms with Crippen molar-refractivity contribution in [1.29, 1.82) is 0 Å². The summed E-state index contributed by atoms with van der Waals surface area (Å²) in [5.74, 6) is -0.364. The maximum Gasteiger partial charge on any atom is 0.241 e. The van der Waals surface area contributed by atoms with Crippen LogP contribution in [0.2, 0.25) is 0 Å². The van der Waals surface area contributed by atoms with Crippen LogP contribution >= 0.6 is 22.9 Å². The molecule has 2 N–H and O–H groups in total. The Morgan fingerprint density at radius 1 is 1.73 bits per heavy atom. The van der Waals surface area contributed by atoms with E-state index in [9.17, 15) is 9.90 Å². The summed E-state index contributed by atoms with van der Waals surface area (Å²) in [6, 6.07) is 0. The minimum absolute atomic E-state index is 0.0841. The monoisotopic (exact) mass is 246 g/mol. The number of rotatable bonds is 3. The molecule has 0 saturated heterocycles. The van der Waals surface area contributed by atoms with E-state index in [1.54, 1.807) is 6.20 Å². The molecule has 1 aromatic rings. The molecule has 1 fully saturated rings. The van der Waals surface area contributed by atoms with Gasteiger partial charge < -0.3 is 10.4 Å². The van der Waals surface area contributed by atoms with E-state index in [0.717, 1.165) is 24.1 Å². The van der Waals surface area contributed by atoms with Crippen molar-refractivity contribution >= 4 is 34.0 Å². The van der Waals surface area contributed by atoms with Crippen molar-refractivity contribution in [1.82, 2.24) is 4.98 Å². The van der Waals surface area contributed by atoms with Gasteiger partial charge in [-0.1, -0.05) is 11.3 Å². The van der Waals surface area contributed by atoms with E-state index in [4.69, 9.17) is 11.6 Å². The van der Waals surface area contributed by atoms with Gasteiger partial charge in [0.1, 0.15) is 11.5 Å². The number of thiazole rings is 1. The van der Waals surface area contributed by atoms with Gasteiger partial charge in [0.15, 0.2) is 5.13 Å². The Labute approximate surface area is 96.3 Å². The van der Waals surface area contributed by atoms with Crippen molar-refractivity contribution in [3.63, 3.8) is 0 Å². The molecule has 1 aliphatic carbocycles. The van der Waals surface area contributed by atoms with E-state index >= 15 is 0 Å². The van der Waals surface area contributed by atoms with Crippen LogP contribution in [0.1, 0.15) is 24.1 Å². The highest BCUT2D eigenvalue weighted by atomic mass is 35.5. The van der Waals surface area contributed by atoms with Crippen LogP contribution in [0.15, 0.2) is 6.20 Å². The SMILES string of the molecule is O=C(CCl)Nc1ncc(C2(O)CCC2)s1. The van der Waals surface area contributed by atoms with E-state index in [1.807, 2.05) is 0 Å². The molecular formula is C9H11ClN2O2S. The number of carbonyl (C=O) groups is 1. The third-order valence-electron chi connectivity index (χ3n) is 2.51. The van der Waals surface area contributed by atoms with Crippen LogP contribution in [0.5, 0.6) is 0 Å². The first-order valence-corrected chi connectivity index (χ1v) is 6.04. The number of halogens is 1. The molecule has 0 spiro atoms. The lowest BCUT2D eigenvalue weighted by molar-refractivity contribution is -0.113. The maximum absolute atomic E-state index is 11.0. The molecule has 1 amide bonds. The lowest BCUT2D eigenvalue weighted by Crippen LogP contribution is -2.32. The van der Waals surface area contributed by atoms with Gasteiger partial charge in [-0.3, -0.25) is 4.79 Å². The first kappa shape index (κ1) is 10.9. The first-order valence-electron chi connectivity index (χ1n) is 4.68. The standard InChI is InChI=1S/C9H11ClN2O2S/c10-4-7(13)12-8-11-5-6(15-8)9(14)2-1-3-9/h5,14H,1-4H2,(H,11,12,13). The normalized spacial score (nSPS) is 18.3. The molecular weight excluding hydrogens is 236 g/mol. The predicted molar refractivity (Wildman–Crippen MR) is 59.2 cm³/mol. The highest BCUT2D eigenvalue weighted by molar-refractivity contribution is 7.15. The Bertz CT molecular complexity index is 376. The molecule has 0 atom stereocenters. The van der Waals surface area contributed by atoms with E-state index < -0.39 is 5.60 Å². The molecule has 82 valence electrons. The van der Waals surface area contributed by atoms with Gasteiger partial charge >= 0.3 is 0 Å². The largest absolute Gasteiger partial charge is 0.384 e. The smallest absolute Gasteiger partial charge is 0.241 e. The average molecular weight is 247 g/mol. The summed E-state index contributed by atoms with van der Waals surface area (Å²) in [6.45, 7) is 0. The summed E-state index contributed by atoms with van der Waals surface area (Å²) in [6.07, 6.45) is 4.21. The number of nitrogens with one attached hydrogen (secondary N) is 1. The van der Waals surface area contributed by atoms with Crippen LogP contribution in [0.3, 0.4) is 0 Å². The fourth-order valence-electron chi connectivity index (χ4n) is 1.46. The van der Waals surface area contributed by atoms with Crippen LogP contribution < -0.4 is 5.32 Å². The molecule has 0 bridgehead atoms. The summed E-state index contributed by atoms with van der Waals surface area (Å²) in [4.78, 5) is 15.8. The van der Waals surface area contributed by atoms with Gasteiger partial charge in [-0.15, -0.1) is 11.6 Å². The third-order valence-corrected chi connectivity index (χ3v) is 3.86. The fourth-order valence-corrected chi connectivity index (χ4v) is 2.50. The third kappa shape index (κ3) is 2.14. The molecule has 1 saturated carbocycles. The van der Waals surface area contributed by atoms with Gasteiger partial charge in [-0.25, -0.2) is 4.98 Å². The van der Waals surface area contributed by atoms with E-state index in [-0.39, 0.29) is 11.8 Å². The second-order valence-electron chi connectivity index (χ2n) is 3.60. The quantitative estimate of drug-likeness (QED) is 0.798. The number of hydrogen-bond acceptors (Lipinski definition) is 4. The second-order valence-corrected chi connectivity index (χ2v) is 4.89. The summed E-state index contributed by atoms with van der Waals surface area (Å²) in [5.41, 5.74) is -0.707.